The average molecular weight is 480 g/mol. The fraction of sp³-hybridized carbons (Fsp3) is 0.720. The number of amides is 1. The summed E-state index contributed by atoms with van der Waals surface area (Å²) in [4.78, 5) is 18.1. The Hall–Kier alpha value is -1.54. The largest absolute Gasteiger partial charge is 0.493 e. The second kappa shape index (κ2) is 13.4. The molecule has 0 atom stereocenters. The lowest BCUT2D eigenvalue weighted by Gasteiger charge is -2.38. The fourth-order valence-electron chi connectivity index (χ4n) is 4.84. The normalized spacial score (nSPS) is 19.0. The summed E-state index contributed by atoms with van der Waals surface area (Å²) in [5, 5.41) is 3.57. The first-order valence-corrected chi connectivity index (χ1v) is 13.0. The Bertz CT molecular complexity index is 747. The molecule has 0 unspecified atom stereocenters. The number of hydrogen-bond acceptors (Lipinski definition) is 6. The van der Waals surface area contributed by atoms with Crippen molar-refractivity contribution in [2.75, 3.05) is 58.2 Å². The number of likely N-dealkylation sites (tertiary alicyclic amines) is 2. The van der Waals surface area contributed by atoms with E-state index in [0.29, 0.717) is 28.6 Å². The van der Waals surface area contributed by atoms with Gasteiger partial charge in [0.05, 0.1) is 22.9 Å². The minimum absolute atomic E-state index is 0.136. The van der Waals surface area contributed by atoms with Crippen molar-refractivity contribution in [2.24, 2.45) is 11.7 Å². The minimum atomic E-state index is -0.136. The number of ether oxygens (including phenoxy) is 1. The van der Waals surface area contributed by atoms with Crippen LogP contribution in [0.25, 0.3) is 0 Å². The molecule has 1 amide bonds. The maximum Gasteiger partial charge on any atom is 0.255 e. The van der Waals surface area contributed by atoms with Gasteiger partial charge in [0, 0.05) is 31.7 Å². The highest BCUT2D eigenvalue weighted by molar-refractivity contribution is 6.33. The molecule has 0 aromatic heterocycles. The van der Waals surface area contributed by atoms with Gasteiger partial charge in [-0.3, -0.25) is 4.79 Å². The van der Waals surface area contributed by atoms with Gasteiger partial charge in [-0.2, -0.15) is 0 Å². The van der Waals surface area contributed by atoms with Crippen LogP contribution in [0.2, 0.25) is 5.02 Å². The van der Waals surface area contributed by atoms with Gasteiger partial charge < -0.3 is 31.3 Å². The third-order valence-corrected chi connectivity index (χ3v) is 7.21. The van der Waals surface area contributed by atoms with Crippen molar-refractivity contribution in [1.29, 1.82) is 0 Å². The Kier molecular flexibility index (Phi) is 10.6. The molecule has 2 heterocycles. The fourth-order valence-corrected chi connectivity index (χ4v) is 5.00. The third kappa shape index (κ3) is 8.02. The molecular formula is C25H42ClN5O2. The van der Waals surface area contributed by atoms with Crippen LogP contribution in [0.15, 0.2) is 12.1 Å². The van der Waals surface area contributed by atoms with Crippen molar-refractivity contribution >= 4 is 23.2 Å². The lowest BCUT2D eigenvalue weighted by molar-refractivity contribution is 0.0887. The first kappa shape index (κ1) is 26.1. The van der Waals surface area contributed by atoms with Crippen LogP contribution in [-0.2, 0) is 0 Å². The van der Waals surface area contributed by atoms with Gasteiger partial charge in [-0.1, -0.05) is 18.5 Å². The number of nitrogens with zero attached hydrogens (tertiary/aromatic N) is 2. The van der Waals surface area contributed by atoms with E-state index in [1.54, 1.807) is 12.1 Å². The van der Waals surface area contributed by atoms with Crippen molar-refractivity contribution in [1.82, 2.24) is 15.1 Å². The van der Waals surface area contributed by atoms with Crippen LogP contribution in [0, 0.1) is 5.92 Å². The number of hydrogen-bond donors (Lipinski definition) is 3. The Labute approximate surface area is 204 Å². The lowest BCUT2D eigenvalue weighted by atomic mass is 9.94. The summed E-state index contributed by atoms with van der Waals surface area (Å²) >= 11 is 6.18. The molecule has 0 saturated carbocycles. The van der Waals surface area contributed by atoms with Gasteiger partial charge in [-0.05, 0) is 83.1 Å². The van der Waals surface area contributed by atoms with E-state index in [-0.39, 0.29) is 11.9 Å². The monoisotopic (exact) mass is 479 g/mol. The molecule has 8 heteroatoms. The number of nitrogens with one attached hydrogen (secondary N) is 1. The summed E-state index contributed by atoms with van der Waals surface area (Å²) in [5.74, 6) is 1.16. The van der Waals surface area contributed by atoms with Crippen molar-refractivity contribution in [2.45, 2.75) is 57.9 Å². The standard InChI is InChI=1S/C25H42ClN5O2/c1-2-15-33-24-17-23(28)22(26)16-21(24)25(32)29-20-7-13-31(14-8-20)18-19-5-11-30(12-6-19)10-4-3-9-27/h16-17,19-20H,2-15,18,27-28H2,1H3,(H,29,32). The van der Waals surface area contributed by atoms with Crippen molar-refractivity contribution in [3.05, 3.63) is 22.7 Å². The molecular weight excluding hydrogens is 438 g/mol. The Morgan fingerprint density at radius 3 is 2.48 bits per heavy atom. The van der Waals surface area contributed by atoms with E-state index in [4.69, 9.17) is 27.8 Å². The van der Waals surface area contributed by atoms with Crippen molar-refractivity contribution < 1.29 is 9.53 Å². The molecule has 3 rings (SSSR count). The first-order chi connectivity index (χ1) is 16.0. The SMILES string of the molecule is CCCOc1cc(N)c(Cl)cc1C(=O)NC1CCN(CC2CCN(CCCCN)CC2)CC1. The maximum atomic E-state index is 13.0. The van der Waals surface area contributed by atoms with Crippen LogP contribution in [0.4, 0.5) is 5.69 Å². The molecule has 2 fully saturated rings. The van der Waals surface area contributed by atoms with Gasteiger partial charge in [0.1, 0.15) is 5.75 Å². The molecule has 1 aromatic rings. The third-order valence-electron chi connectivity index (χ3n) is 6.88. The highest BCUT2D eigenvalue weighted by Crippen LogP contribution is 2.29. The Balaban J connectivity index is 1.42. The molecule has 5 N–H and O–H groups in total. The number of piperidine rings is 2. The number of benzene rings is 1. The number of carbonyl (C=O) groups is 1. The lowest BCUT2D eigenvalue weighted by Crippen LogP contribution is -2.47. The summed E-state index contributed by atoms with van der Waals surface area (Å²) in [6, 6.07) is 3.45. The quantitative estimate of drug-likeness (QED) is 0.332. The van der Waals surface area contributed by atoms with Crippen molar-refractivity contribution in [3.63, 3.8) is 0 Å². The van der Waals surface area contributed by atoms with Crippen molar-refractivity contribution in [3.8, 4) is 5.75 Å². The predicted molar refractivity (Wildman–Crippen MR) is 136 cm³/mol. The van der Waals surface area contributed by atoms with E-state index in [0.717, 1.165) is 51.2 Å². The zero-order chi connectivity index (χ0) is 23.6. The van der Waals surface area contributed by atoms with Gasteiger partial charge in [0.2, 0.25) is 0 Å². The minimum Gasteiger partial charge on any atom is -0.493 e. The van der Waals surface area contributed by atoms with E-state index in [1.807, 2.05) is 6.92 Å². The molecule has 2 aliphatic heterocycles. The van der Waals surface area contributed by atoms with Gasteiger partial charge in [0.15, 0.2) is 0 Å². The molecule has 7 nitrogen and oxygen atoms in total. The highest BCUT2D eigenvalue weighted by atomic mass is 35.5. The molecule has 2 aliphatic rings. The summed E-state index contributed by atoms with van der Waals surface area (Å²) in [6.45, 7) is 10.2. The smallest absolute Gasteiger partial charge is 0.255 e. The van der Waals surface area contributed by atoms with Crippen LogP contribution < -0.4 is 21.5 Å². The molecule has 33 heavy (non-hydrogen) atoms. The van der Waals surface area contributed by atoms with E-state index in [9.17, 15) is 4.79 Å². The number of nitrogen functional groups attached to an aromatic ring is 1. The summed E-state index contributed by atoms with van der Waals surface area (Å²) in [5.41, 5.74) is 12.4. The van der Waals surface area contributed by atoms with E-state index >= 15 is 0 Å². The molecule has 0 radical (unpaired) electrons. The number of halogens is 1. The van der Waals surface area contributed by atoms with Crippen LogP contribution in [0.3, 0.4) is 0 Å². The zero-order valence-electron chi connectivity index (χ0n) is 20.2. The zero-order valence-corrected chi connectivity index (χ0v) is 20.9. The second-order valence-corrected chi connectivity index (χ2v) is 9.95. The van der Waals surface area contributed by atoms with Crippen LogP contribution in [-0.4, -0.2) is 74.2 Å². The van der Waals surface area contributed by atoms with E-state index in [1.165, 1.54) is 45.4 Å². The number of unbranched alkanes of at least 4 members (excludes halogenated alkanes) is 1. The number of nitrogens with two attached hydrogens (primary N) is 2. The molecule has 0 spiro atoms. The highest BCUT2D eigenvalue weighted by Gasteiger charge is 2.26. The van der Waals surface area contributed by atoms with Gasteiger partial charge in [-0.25, -0.2) is 0 Å². The molecule has 186 valence electrons. The van der Waals surface area contributed by atoms with Crippen LogP contribution in [0.5, 0.6) is 5.75 Å². The first-order valence-electron chi connectivity index (χ1n) is 12.7. The van der Waals surface area contributed by atoms with Crippen LogP contribution in [0.1, 0.15) is 62.2 Å². The maximum absolute atomic E-state index is 13.0. The summed E-state index contributed by atoms with van der Waals surface area (Å²) in [6.07, 6.45) is 7.72. The topological polar surface area (TPSA) is 96.8 Å². The van der Waals surface area contributed by atoms with Gasteiger partial charge >= 0.3 is 0 Å². The molecule has 0 bridgehead atoms. The van der Waals surface area contributed by atoms with Gasteiger partial charge in [0.25, 0.3) is 5.91 Å². The molecule has 1 aromatic carbocycles. The Morgan fingerprint density at radius 1 is 1.12 bits per heavy atom. The number of anilines is 1. The second-order valence-electron chi connectivity index (χ2n) is 9.55. The summed E-state index contributed by atoms with van der Waals surface area (Å²) < 4.78 is 5.75. The average Bonchev–Trinajstić information content (AvgIpc) is 2.82. The number of carbonyl (C=O) groups excluding carboxylic acids is 1. The van der Waals surface area contributed by atoms with E-state index < -0.39 is 0 Å². The summed E-state index contributed by atoms with van der Waals surface area (Å²) in [7, 11) is 0. The van der Waals surface area contributed by atoms with Gasteiger partial charge in [-0.15, -0.1) is 0 Å². The number of rotatable bonds is 11. The van der Waals surface area contributed by atoms with E-state index in [2.05, 4.69) is 15.1 Å². The predicted octanol–water partition coefficient (Wildman–Crippen LogP) is 3.36. The Morgan fingerprint density at radius 2 is 1.82 bits per heavy atom. The molecule has 2 saturated heterocycles. The van der Waals surface area contributed by atoms with Crippen LogP contribution >= 0.6 is 11.6 Å². The molecule has 0 aliphatic carbocycles.